The highest BCUT2D eigenvalue weighted by atomic mass is 79.9. The molecular formula is C19H12BrFN2OS. The largest absolute Gasteiger partial charge is 0.294 e. The normalized spacial score (nSPS) is 11.1. The molecule has 0 aliphatic rings. The summed E-state index contributed by atoms with van der Waals surface area (Å²) in [7, 11) is 0. The van der Waals surface area contributed by atoms with Crippen LogP contribution >= 0.6 is 27.3 Å². The smallest absolute Gasteiger partial charge is 0.271 e. The first-order valence-electron chi connectivity index (χ1n) is 7.59. The van der Waals surface area contributed by atoms with Crippen molar-refractivity contribution in [2.24, 2.45) is 0 Å². The Bertz CT molecular complexity index is 1120. The minimum atomic E-state index is -0.305. The van der Waals surface area contributed by atoms with Crippen molar-refractivity contribution in [1.82, 2.24) is 9.55 Å². The van der Waals surface area contributed by atoms with Gasteiger partial charge in [-0.2, -0.15) is 0 Å². The number of rotatable bonds is 3. The van der Waals surface area contributed by atoms with Gasteiger partial charge in [-0.3, -0.25) is 9.36 Å². The predicted octanol–water partition coefficient (Wildman–Crippen LogP) is 5.07. The molecule has 0 spiro atoms. The minimum absolute atomic E-state index is 0.0828. The summed E-state index contributed by atoms with van der Waals surface area (Å²) in [5.41, 5.74) is 3.07. The number of benzene rings is 2. The molecule has 0 N–H and O–H groups in total. The van der Waals surface area contributed by atoms with Gasteiger partial charge in [0.1, 0.15) is 10.5 Å². The number of hydrogen-bond donors (Lipinski definition) is 0. The second-order valence-electron chi connectivity index (χ2n) is 5.64. The maximum atomic E-state index is 13.5. The molecule has 0 amide bonds. The molecule has 0 radical (unpaired) electrons. The van der Waals surface area contributed by atoms with Crippen molar-refractivity contribution < 1.29 is 4.39 Å². The molecule has 25 heavy (non-hydrogen) atoms. The Morgan fingerprint density at radius 2 is 1.96 bits per heavy atom. The standard InChI is InChI=1S/C19H12BrFN2OS/c20-14-6-4-12(5-7-14)9-23-11-22-17-16(10-25-18(17)19(23)24)13-2-1-3-15(21)8-13/h1-8,10-11H,9H2. The molecule has 0 fully saturated rings. The van der Waals surface area contributed by atoms with Crippen molar-refractivity contribution in [3.05, 3.63) is 86.4 Å². The van der Waals surface area contributed by atoms with E-state index in [1.54, 1.807) is 17.0 Å². The molecule has 0 aliphatic carbocycles. The summed E-state index contributed by atoms with van der Waals surface area (Å²) in [5.74, 6) is -0.305. The molecule has 0 aliphatic heterocycles. The molecule has 6 heteroatoms. The lowest BCUT2D eigenvalue weighted by atomic mass is 10.1. The first-order chi connectivity index (χ1) is 12.1. The molecule has 0 saturated heterocycles. The first-order valence-corrected chi connectivity index (χ1v) is 9.26. The molecule has 2 aromatic heterocycles. The second kappa shape index (κ2) is 6.54. The van der Waals surface area contributed by atoms with Crippen LogP contribution < -0.4 is 5.56 Å². The quantitative estimate of drug-likeness (QED) is 0.468. The highest BCUT2D eigenvalue weighted by Crippen LogP contribution is 2.31. The van der Waals surface area contributed by atoms with E-state index in [4.69, 9.17) is 0 Å². The first kappa shape index (κ1) is 16.2. The zero-order valence-corrected chi connectivity index (χ0v) is 15.3. The van der Waals surface area contributed by atoms with Gasteiger partial charge in [0.25, 0.3) is 5.56 Å². The van der Waals surface area contributed by atoms with Crippen LogP contribution in [-0.4, -0.2) is 9.55 Å². The van der Waals surface area contributed by atoms with E-state index in [1.807, 2.05) is 35.7 Å². The Morgan fingerprint density at radius 3 is 2.72 bits per heavy atom. The van der Waals surface area contributed by atoms with E-state index in [1.165, 1.54) is 23.5 Å². The van der Waals surface area contributed by atoms with E-state index < -0.39 is 0 Å². The van der Waals surface area contributed by atoms with Gasteiger partial charge in [0.15, 0.2) is 0 Å². The number of nitrogens with zero attached hydrogens (tertiary/aromatic N) is 2. The van der Waals surface area contributed by atoms with E-state index in [0.29, 0.717) is 16.8 Å². The summed E-state index contributed by atoms with van der Waals surface area (Å²) >= 11 is 4.74. The van der Waals surface area contributed by atoms with Crippen LogP contribution in [0.25, 0.3) is 21.3 Å². The van der Waals surface area contributed by atoms with Gasteiger partial charge in [0.2, 0.25) is 0 Å². The van der Waals surface area contributed by atoms with Crippen LogP contribution in [0.2, 0.25) is 0 Å². The minimum Gasteiger partial charge on any atom is -0.294 e. The Hall–Kier alpha value is -2.31. The van der Waals surface area contributed by atoms with Crippen molar-refractivity contribution in [2.75, 3.05) is 0 Å². The molecule has 0 bridgehead atoms. The van der Waals surface area contributed by atoms with Gasteiger partial charge in [0.05, 0.1) is 18.4 Å². The van der Waals surface area contributed by atoms with Crippen molar-refractivity contribution in [3.8, 4) is 11.1 Å². The van der Waals surface area contributed by atoms with Gasteiger partial charge in [-0.25, -0.2) is 9.37 Å². The van der Waals surface area contributed by atoms with E-state index in [9.17, 15) is 9.18 Å². The van der Waals surface area contributed by atoms with Crippen LogP contribution in [0.5, 0.6) is 0 Å². The fourth-order valence-corrected chi connectivity index (χ4v) is 3.94. The fraction of sp³-hybridized carbons (Fsp3) is 0.0526. The average Bonchev–Trinajstić information content (AvgIpc) is 3.04. The lowest BCUT2D eigenvalue weighted by Crippen LogP contribution is -2.20. The molecule has 2 heterocycles. The van der Waals surface area contributed by atoms with Gasteiger partial charge < -0.3 is 0 Å². The summed E-state index contributed by atoms with van der Waals surface area (Å²) < 4.78 is 16.7. The molecule has 0 unspecified atom stereocenters. The van der Waals surface area contributed by atoms with Crippen molar-refractivity contribution in [3.63, 3.8) is 0 Å². The third-order valence-corrected chi connectivity index (χ3v) is 5.43. The molecular weight excluding hydrogens is 403 g/mol. The summed E-state index contributed by atoms with van der Waals surface area (Å²) in [6, 6.07) is 14.1. The third-order valence-electron chi connectivity index (χ3n) is 3.95. The fourth-order valence-electron chi connectivity index (χ4n) is 2.70. The number of halogens is 2. The van der Waals surface area contributed by atoms with Crippen molar-refractivity contribution in [1.29, 1.82) is 0 Å². The van der Waals surface area contributed by atoms with Gasteiger partial charge in [-0.15, -0.1) is 11.3 Å². The lowest BCUT2D eigenvalue weighted by molar-refractivity contribution is 0.628. The van der Waals surface area contributed by atoms with E-state index in [2.05, 4.69) is 20.9 Å². The van der Waals surface area contributed by atoms with Gasteiger partial charge in [0, 0.05) is 15.4 Å². The number of aromatic nitrogens is 2. The van der Waals surface area contributed by atoms with Gasteiger partial charge in [-0.05, 0) is 35.4 Å². The molecule has 3 nitrogen and oxygen atoms in total. The van der Waals surface area contributed by atoms with Crippen LogP contribution in [0, 0.1) is 5.82 Å². The lowest BCUT2D eigenvalue weighted by Gasteiger charge is -2.06. The highest BCUT2D eigenvalue weighted by molar-refractivity contribution is 9.10. The molecule has 124 valence electrons. The second-order valence-corrected chi connectivity index (χ2v) is 7.44. The monoisotopic (exact) mass is 414 g/mol. The molecule has 4 aromatic rings. The van der Waals surface area contributed by atoms with E-state index in [0.717, 1.165) is 21.2 Å². The van der Waals surface area contributed by atoms with Crippen LogP contribution in [0.15, 0.2) is 69.5 Å². The topological polar surface area (TPSA) is 34.9 Å². The average molecular weight is 415 g/mol. The summed E-state index contributed by atoms with van der Waals surface area (Å²) in [6.45, 7) is 0.461. The Kier molecular flexibility index (Phi) is 4.23. The molecule has 0 atom stereocenters. The van der Waals surface area contributed by atoms with Crippen LogP contribution in [-0.2, 0) is 6.54 Å². The predicted molar refractivity (Wildman–Crippen MR) is 103 cm³/mol. The third kappa shape index (κ3) is 3.15. The molecule has 0 saturated carbocycles. The maximum absolute atomic E-state index is 13.5. The van der Waals surface area contributed by atoms with Crippen molar-refractivity contribution in [2.45, 2.75) is 6.54 Å². The summed E-state index contributed by atoms with van der Waals surface area (Å²) in [4.78, 5) is 17.2. The molecule has 2 aromatic carbocycles. The number of fused-ring (bicyclic) bond motifs is 1. The Morgan fingerprint density at radius 1 is 1.16 bits per heavy atom. The van der Waals surface area contributed by atoms with E-state index >= 15 is 0 Å². The van der Waals surface area contributed by atoms with Crippen LogP contribution in [0.3, 0.4) is 0 Å². The van der Waals surface area contributed by atoms with Gasteiger partial charge >= 0.3 is 0 Å². The summed E-state index contributed by atoms with van der Waals surface area (Å²) in [6.07, 6.45) is 1.56. The number of thiophene rings is 1. The van der Waals surface area contributed by atoms with Crippen molar-refractivity contribution >= 4 is 37.5 Å². The summed E-state index contributed by atoms with van der Waals surface area (Å²) in [5, 5.41) is 1.86. The van der Waals surface area contributed by atoms with Crippen LogP contribution in [0.1, 0.15) is 5.56 Å². The number of hydrogen-bond acceptors (Lipinski definition) is 3. The van der Waals surface area contributed by atoms with Gasteiger partial charge in [-0.1, -0.05) is 40.2 Å². The van der Waals surface area contributed by atoms with E-state index in [-0.39, 0.29) is 11.4 Å². The van der Waals surface area contributed by atoms with Crippen LogP contribution in [0.4, 0.5) is 4.39 Å². The maximum Gasteiger partial charge on any atom is 0.271 e. The zero-order chi connectivity index (χ0) is 17.4. The SMILES string of the molecule is O=c1c2scc(-c3cccc(F)c3)c2ncn1Cc1ccc(Br)cc1. The molecule has 4 rings (SSSR count). The zero-order valence-electron chi connectivity index (χ0n) is 12.9. The Balaban J connectivity index is 1.77. The Labute approximate surface area is 155 Å². The highest BCUT2D eigenvalue weighted by Gasteiger charge is 2.13.